The first-order valence-electron chi connectivity index (χ1n) is 2.62. The minimum absolute atomic E-state index is 0. The largest absolute Gasteiger partial charge is 0.399 e. The fourth-order valence-corrected chi connectivity index (χ4v) is 0.587. The van der Waals surface area contributed by atoms with Gasteiger partial charge in [-0.25, -0.2) is 0 Å². The van der Waals surface area contributed by atoms with E-state index in [1.807, 2.05) is 31.2 Å². The molecule has 0 amide bonds. The topological polar surface area (TPSA) is 26.0 Å². The number of nitrogens with two attached hydrogens (primary N) is 1. The van der Waals surface area contributed by atoms with E-state index in [2.05, 4.69) is 0 Å². The highest BCUT2D eigenvalue weighted by Crippen LogP contribution is 2.06. The second-order valence-corrected chi connectivity index (χ2v) is 1.86. The first-order chi connectivity index (χ1) is 3.80. The second-order valence-electron chi connectivity index (χ2n) is 1.86. The third-order valence-electron chi connectivity index (χ3n) is 1.19. The van der Waals surface area contributed by atoms with Gasteiger partial charge < -0.3 is 5.73 Å². The number of anilines is 1. The van der Waals surface area contributed by atoms with Crippen molar-refractivity contribution in [3.63, 3.8) is 0 Å². The van der Waals surface area contributed by atoms with Crippen molar-refractivity contribution < 1.29 is 0 Å². The standard InChI is InChI=1S/C7H9N.ClH/c1-6-4-2-3-5-7(6)8;/h2-5H,8H2,1H3;1H. The van der Waals surface area contributed by atoms with Crippen LogP contribution in [0.15, 0.2) is 24.3 Å². The smallest absolute Gasteiger partial charge is 0.0343 e. The van der Waals surface area contributed by atoms with Crippen molar-refractivity contribution in [3.8, 4) is 0 Å². The van der Waals surface area contributed by atoms with Gasteiger partial charge in [0.1, 0.15) is 0 Å². The van der Waals surface area contributed by atoms with Crippen molar-refractivity contribution in [2.45, 2.75) is 6.92 Å². The Bertz CT molecular complexity index is 165. The van der Waals surface area contributed by atoms with E-state index in [1.54, 1.807) is 0 Å². The molecule has 50 valence electrons. The molecule has 0 spiro atoms. The summed E-state index contributed by atoms with van der Waals surface area (Å²) in [5, 5.41) is 0. The average Bonchev–Trinajstić information content (AvgIpc) is 1.77. The molecule has 0 atom stereocenters. The van der Waals surface area contributed by atoms with Crippen molar-refractivity contribution in [2.24, 2.45) is 0 Å². The van der Waals surface area contributed by atoms with Crippen LogP contribution in [-0.4, -0.2) is 0 Å². The molecule has 1 nitrogen and oxygen atoms in total. The minimum Gasteiger partial charge on any atom is -0.399 e. The van der Waals surface area contributed by atoms with Gasteiger partial charge in [0.25, 0.3) is 0 Å². The molecule has 0 unspecified atom stereocenters. The molecule has 1 aromatic rings. The third-order valence-corrected chi connectivity index (χ3v) is 1.19. The van der Waals surface area contributed by atoms with Gasteiger partial charge in [-0.15, -0.1) is 12.4 Å². The van der Waals surface area contributed by atoms with Crippen LogP contribution in [-0.2, 0) is 0 Å². The number of hydrogen-bond donors (Lipinski definition) is 1. The number of nitrogen functional groups attached to an aromatic ring is 1. The lowest BCUT2D eigenvalue weighted by Crippen LogP contribution is -1.85. The third kappa shape index (κ3) is 1.94. The lowest BCUT2D eigenvalue weighted by Gasteiger charge is -1.93. The molecule has 1 aromatic carbocycles. The second kappa shape index (κ2) is 3.36. The van der Waals surface area contributed by atoms with Crippen LogP contribution < -0.4 is 5.73 Å². The molecule has 1 rings (SSSR count). The van der Waals surface area contributed by atoms with Crippen molar-refractivity contribution in [3.05, 3.63) is 29.8 Å². The van der Waals surface area contributed by atoms with Gasteiger partial charge in [0, 0.05) is 5.69 Å². The van der Waals surface area contributed by atoms with Crippen LogP contribution in [0.4, 0.5) is 5.69 Å². The first-order valence-corrected chi connectivity index (χ1v) is 2.62. The van der Waals surface area contributed by atoms with E-state index >= 15 is 0 Å². The number of halogens is 1. The predicted octanol–water partition coefficient (Wildman–Crippen LogP) is 2.00. The van der Waals surface area contributed by atoms with Crippen LogP contribution in [0.5, 0.6) is 0 Å². The van der Waals surface area contributed by atoms with Crippen molar-refractivity contribution in [1.82, 2.24) is 0 Å². The number of hydrogen-bond acceptors (Lipinski definition) is 1. The SMILES string of the molecule is Cc1ccccc1N.Cl. The van der Waals surface area contributed by atoms with Gasteiger partial charge in [-0.3, -0.25) is 0 Å². The zero-order valence-electron chi connectivity index (χ0n) is 5.29. The minimum atomic E-state index is 0. The van der Waals surface area contributed by atoms with Crippen LogP contribution >= 0.6 is 12.4 Å². The van der Waals surface area contributed by atoms with Gasteiger partial charge >= 0.3 is 0 Å². The lowest BCUT2D eigenvalue weighted by atomic mass is 10.2. The first kappa shape index (κ1) is 8.31. The fourth-order valence-electron chi connectivity index (χ4n) is 0.587. The van der Waals surface area contributed by atoms with E-state index in [0.717, 1.165) is 11.3 Å². The summed E-state index contributed by atoms with van der Waals surface area (Å²) in [5.41, 5.74) is 7.53. The molecular weight excluding hydrogens is 134 g/mol. The molecule has 0 radical (unpaired) electrons. The van der Waals surface area contributed by atoms with Crippen molar-refractivity contribution in [1.29, 1.82) is 0 Å². The van der Waals surface area contributed by atoms with Crippen molar-refractivity contribution in [2.75, 3.05) is 5.73 Å². The van der Waals surface area contributed by atoms with Gasteiger partial charge in [0.2, 0.25) is 0 Å². The summed E-state index contributed by atoms with van der Waals surface area (Å²) >= 11 is 0. The van der Waals surface area contributed by atoms with E-state index < -0.39 is 0 Å². The Morgan fingerprint density at radius 1 is 1.22 bits per heavy atom. The summed E-state index contributed by atoms with van der Waals surface area (Å²) in [6.07, 6.45) is 0. The molecule has 0 aromatic heterocycles. The van der Waals surface area contributed by atoms with Crippen LogP contribution in [0.3, 0.4) is 0 Å². The van der Waals surface area contributed by atoms with E-state index in [4.69, 9.17) is 5.73 Å². The predicted molar refractivity (Wildman–Crippen MR) is 42.8 cm³/mol. The molecule has 0 saturated heterocycles. The van der Waals surface area contributed by atoms with E-state index in [9.17, 15) is 0 Å². The van der Waals surface area contributed by atoms with Crippen LogP contribution in [0.1, 0.15) is 5.56 Å². The summed E-state index contributed by atoms with van der Waals surface area (Å²) in [4.78, 5) is 0. The van der Waals surface area contributed by atoms with Crippen LogP contribution in [0, 0.1) is 6.92 Å². The summed E-state index contributed by atoms with van der Waals surface area (Å²) in [5.74, 6) is 0. The summed E-state index contributed by atoms with van der Waals surface area (Å²) < 4.78 is 0. The Hall–Kier alpha value is -0.690. The molecule has 0 saturated carbocycles. The number of aryl methyl sites for hydroxylation is 1. The Labute approximate surface area is 61.3 Å². The zero-order chi connectivity index (χ0) is 5.98. The Balaban J connectivity index is 0.000000640. The zero-order valence-corrected chi connectivity index (χ0v) is 6.11. The van der Waals surface area contributed by atoms with Gasteiger partial charge in [-0.05, 0) is 18.6 Å². The van der Waals surface area contributed by atoms with Crippen LogP contribution in [0.2, 0.25) is 0 Å². The van der Waals surface area contributed by atoms with Crippen molar-refractivity contribution >= 4 is 18.1 Å². The molecule has 0 bridgehead atoms. The summed E-state index contributed by atoms with van der Waals surface area (Å²) in [7, 11) is 0. The molecule has 0 aliphatic carbocycles. The lowest BCUT2D eigenvalue weighted by molar-refractivity contribution is 1.47. The highest BCUT2D eigenvalue weighted by atomic mass is 35.5. The summed E-state index contributed by atoms with van der Waals surface area (Å²) in [6.45, 7) is 2.00. The highest BCUT2D eigenvalue weighted by molar-refractivity contribution is 5.85. The Morgan fingerprint density at radius 3 is 2.11 bits per heavy atom. The van der Waals surface area contributed by atoms with Crippen LogP contribution in [0.25, 0.3) is 0 Å². The van der Waals surface area contributed by atoms with E-state index in [0.29, 0.717) is 0 Å². The maximum absolute atomic E-state index is 5.52. The molecule has 2 N–H and O–H groups in total. The number of rotatable bonds is 0. The average molecular weight is 144 g/mol. The molecule has 9 heavy (non-hydrogen) atoms. The van der Waals surface area contributed by atoms with Gasteiger partial charge in [-0.1, -0.05) is 18.2 Å². The maximum Gasteiger partial charge on any atom is 0.0343 e. The monoisotopic (exact) mass is 143 g/mol. The van der Waals surface area contributed by atoms with E-state index in [-0.39, 0.29) is 12.4 Å². The van der Waals surface area contributed by atoms with Gasteiger partial charge in [0.15, 0.2) is 0 Å². The van der Waals surface area contributed by atoms with E-state index in [1.165, 1.54) is 0 Å². The van der Waals surface area contributed by atoms with Gasteiger partial charge in [-0.2, -0.15) is 0 Å². The quantitative estimate of drug-likeness (QED) is 0.553. The highest BCUT2D eigenvalue weighted by Gasteiger charge is 1.84. The molecule has 0 aliphatic heterocycles. The molecular formula is C7H10ClN. The maximum atomic E-state index is 5.52. The summed E-state index contributed by atoms with van der Waals surface area (Å²) in [6, 6.07) is 7.80. The van der Waals surface area contributed by atoms with Gasteiger partial charge in [0.05, 0.1) is 0 Å². The molecule has 0 fully saturated rings. The number of para-hydroxylation sites is 1. The normalized spacial score (nSPS) is 8.11. The Kier molecular flexibility index (Phi) is 3.10. The number of benzene rings is 1. The molecule has 0 aliphatic rings. The Morgan fingerprint density at radius 2 is 1.78 bits per heavy atom. The molecule has 0 heterocycles. The molecule has 2 heteroatoms. The fraction of sp³-hybridized carbons (Fsp3) is 0.143.